The van der Waals surface area contributed by atoms with Crippen LogP contribution in [0.15, 0.2) is 30.3 Å². The van der Waals surface area contributed by atoms with E-state index in [1.807, 2.05) is 30.3 Å². The van der Waals surface area contributed by atoms with Gasteiger partial charge in [-0.3, -0.25) is 9.59 Å². The van der Waals surface area contributed by atoms with Crippen LogP contribution in [0.5, 0.6) is 0 Å². The first-order valence-corrected chi connectivity index (χ1v) is 6.22. The van der Waals surface area contributed by atoms with Gasteiger partial charge < -0.3 is 16.8 Å². The second-order valence-electron chi connectivity index (χ2n) is 5.10. The molecule has 0 saturated heterocycles. The first-order chi connectivity index (χ1) is 8.86. The predicted molar refractivity (Wildman–Crippen MR) is 74.1 cm³/mol. The zero-order chi connectivity index (χ0) is 14.5. The van der Waals surface area contributed by atoms with Crippen molar-refractivity contribution in [3.8, 4) is 0 Å². The van der Waals surface area contributed by atoms with Gasteiger partial charge in [0.15, 0.2) is 0 Å². The number of hydrogen-bond donors (Lipinski definition) is 3. The Bertz CT molecular complexity index is 443. The van der Waals surface area contributed by atoms with Crippen LogP contribution in [0.4, 0.5) is 0 Å². The summed E-state index contributed by atoms with van der Waals surface area (Å²) in [6.07, 6.45) is 0.540. The van der Waals surface area contributed by atoms with E-state index in [2.05, 4.69) is 5.32 Å². The maximum atomic E-state index is 12.1. The van der Waals surface area contributed by atoms with Crippen LogP contribution in [0.2, 0.25) is 0 Å². The zero-order valence-electron chi connectivity index (χ0n) is 11.3. The topological polar surface area (TPSA) is 98.2 Å². The summed E-state index contributed by atoms with van der Waals surface area (Å²) in [5.74, 6) is -1.20. The van der Waals surface area contributed by atoms with Gasteiger partial charge in [0.1, 0.15) is 5.54 Å². The third-order valence-corrected chi connectivity index (χ3v) is 3.03. The number of nitrogens with two attached hydrogens (primary N) is 2. The Balaban J connectivity index is 2.70. The fourth-order valence-corrected chi connectivity index (χ4v) is 1.65. The molecular weight excluding hydrogens is 242 g/mol. The maximum absolute atomic E-state index is 12.1. The molecule has 0 radical (unpaired) electrons. The number of primary amides is 1. The van der Waals surface area contributed by atoms with Crippen molar-refractivity contribution in [2.24, 2.45) is 17.4 Å². The lowest BCUT2D eigenvalue weighted by molar-refractivity contribution is -0.132. The molecule has 0 aromatic heterocycles. The molecule has 0 fully saturated rings. The van der Waals surface area contributed by atoms with E-state index in [-0.39, 0.29) is 18.4 Å². The zero-order valence-corrected chi connectivity index (χ0v) is 11.3. The molecule has 104 valence electrons. The molecule has 0 heterocycles. The Morgan fingerprint density at radius 1 is 1.26 bits per heavy atom. The van der Waals surface area contributed by atoms with Gasteiger partial charge in [0.25, 0.3) is 0 Å². The second kappa shape index (κ2) is 6.33. The Morgan fingerprint density at radius 3 is 2.32 bits per heavy atom. The van der Waals surface area contributed by atoms with Gasteiger partial charge in [0.2, 0.25) is 11.8 Å². The molecule has 5 heteroatoms. The van der Waals surface area contributed by atoms with E-state index < -0.39 is 11.4 Å². The number of benzene rings is 1. The molecule has 0 aliphatic heterocycles. The van der Waals surface area contributed by atoms with E-state index in [4.69, 9.17) is 11.5 Å². The Kier molecular flexibility index (Phi) is 5.06. The van der Waals surface area contributed by atoms with Crippen LogP contribution in [0.25, 0.3) is 0 Å². The molecule has 0 aliphatic carbocycles. The molecule has 1 unspecified atom stereocenters. The van der Waals surface area contributed by atoms with Crippen molar-refractivity contribution in [1.29, 1.82) is 0 Å². The lowest BCUT2D eigenvalue weighted by atomic mass is 9.96. The minimum absolute atomic E-state index is 0.218. The van der Waals surface area contributed by atoms with Crippen LogP contribution in [0.3, 0.4) is 0 Å². The quantitative estimate of drug-likeness (QED) is 0.683. The molecule has 1 rings (SSSR count). The van der Waals surface area contributed by atoms with Crippen molar-refractivity contribution in [2.75, 3.05) is 6.54 Å². The standard InChI is InChI=1S/C14H21N3O2/c1-14(2,13(16)19)17-12(18)11(9-15)8-10-6-4-3-5-7-10/h3-7,11H,8-9,15H2,1-2H3,(H2,16,19)(H,17,18). The van der Waals surface area contributed by atoms with Crippen LogP contribution in [-0.2, 0) is 16.0 Å². The van der Waals surface area contributed by atoms with Crippen molar-refractivity contribution < 1.29 is 9.59 Å². The van der Waals surface area contributed by atoms with E-state index in [1.54, 1.807) is 13.8 Å². The molecule has 2 amide bonds. The van der Waals surface area contributed by atoms with Crippen molar-refractivity contribution in [1.82, 2.24) is 5.32 Å². The lowest BCUT2D eigenvalue weighted by Gasteiger charge is -2.25. The fraction of sp³-hybridized carbons (Fsp3) is 0.429. The molecular formula is C14H21N3O2. The van der Waals surface area contributed by atoms with Crippen molar-refractivity contribution in [3.63, 3.8) is 0 Å². The molecule has 0 saturated carbocycles. The van der Waals surface area contributed by atoms with Crippen LogP contribution >= 0.6 is 0 Å². The minimum atomic E-state index is -1.07. The van der Waals surface area contributed by atoms with Crippen LogP contribution in [0, 0.1) is 5.92 Å². The molecule has 5 nitrogen and oxygen atoms in total. The maximum Gasteiger partial charge on any atom is 0.242 e. The molecule has 0 aliphatic rings. The van der Waals surface area contributed by atoms with Gasteiger partial charge in [0, 0.05) is 6.54 Å². The van der Waals surface area contributed by atoms with E-state index in [0.717, 1.165) is 5.56 Å². The minimum Gasteiger partial charge on any atom is -0.368 e. The largest absolute Gasteiger partial charge is 0.368 e. The Morgan fingerprint density at radius 2 is 1.84 bits per heavy atom. The highest BCUT2D eigenvalue weighted by Crippen LogP contribution is 2.10. The number of hydrogen-bond acceptors (Lipinski definition) is 3. The highest BCUT2D eigenvalue weighted by atomic mass is 16.2. The number of amides is 2. The summed E-state index contributed by atoms with van der Waals surface area (Å²) in [6, 6.07) is 9.61. The van der Waals surface area contributed by atoms with Gasteiger partial charge in [-0.15, -0.1) is 0 Å². The number of rotatable bonds is 6. The molecule has 1 aromatic rings. The molecule has 19 heavy (non-hydrogen) atoms. The smallest absolute Gasteiger partial charge is 0.242 e. The summed E-state index contributed by atoms with van der Waals surface area (Å²) in [5, 5.41) is 2.63. The number of carbonyl (C=O) groups excluding carboxylic acids is 2. The van der Waals surface area contributed by atoms with Gasteiger partial charge >= 0.3 is 0 Å². The molecule has 0 spiro atoms. The highest BCUT2D eigenvalue weighted by molar-refractivity contribution is 5.90. The molecule has 5 N–H and O–H groups in total. The van der Waals surface area contributed by atoms with Crippen LogP contribution < -0.4 is 16.8 Å². The summed E-state index contributed by atoms with van der Waals surface area (Å²) >= 11 is 0. The average Bonchev–Trinajstić information content (AvgIpc) is 2.36. The van der Waals surface area contributed by atoms with Crippen molar-refractivity contribution in [2.45, 2.75) is 25.8 Å². The summed E-state index contributed by atoms with van der Waals surface area (Å²) in [7, 11) is 0. The summed E-state index contributed by atoms with van der Waals surface area (Å²) in [5.41, 5.74) is 10.8. The monoisotopic (exact) mass is 263 g/mol. The number of carbonyl (C=O) groups is 2. The van der Waals surface area contributed by atoms with Gasteiger partial charge in [-0.25, -0.2) is 0 Å². The predicted octanol–water partition coefficient (Wildman–Crippen LogP) is 0.184. The summed E-state index contributed by atoms with van der Waals surface area (Å²) in [6.45, 7) is 3.36. The average molecular weight is 263 g/mol. The molecule has 0 bridgehead atoms. The highest BCUT2D eigenvalue weighted by Gasteiger charge is 2.29. The van der Waals surface area contributed by atoms with E-state index in [1.165, 1.54) is 0 Å². The second-order valence-corrected chi connectivity index (χ2v) is 5.10. The summed E-state index contributed by atoms with van der Waals surface area (Å²) < 4.78 is 0. The third kappa shape index (κ3) is 4.37. The Hall–Kier alpha value is -1.88. The van der Waals surface area contributed by atoms with Crippen LogP contribution in [0.1, 0.15) is 19.4 Å². The Labute approximate surface area is 113 Å². The first kappa shape index (κ1) is 15.2. The number of nitrogens with one attached hydrogen (secondary N) is 1. The van der Waals surface area contributed by atoms with Gasteiger partial charge in [-0.2, -0.15) is 0 Å². The molecule has 1 atom stereocenters. The van der Waals surface area contributed by atoms with Gasteiger partial charge in [0.05, 0.1) is 5.92 Å². The lowest BCUT2D eigenvalue weighted by Crippen LogP contribution is -2.55. The van der Waals surface area contributed by atoms with Crippen LogP contribution in [-0.4, -0.2) is 23.9 Å². The SMILES string of the molecule is CC(C)(NC(=O)C(CN)Cc1ccccc1)C(N)=O. The van der Waals surface area contributed by atoms with E-state index in [9.17, 15) is 9.59 Å². The summed E-state index contributed by atoms with van der Waals surface area (Å²) in [4.78, 5) is 23.3. The first-order valence-electron chi connectivity index (χ1n) is 6.22. The normalized spacial score (nSPS) is 12.8. The van der Waals surface area contributed by atoms with E-state index in [0.29, 0.717) is 6.42 Å². The van der Waals surface area contributed by atoms with Crippen molar-refractivity contribution >= 4 is 11.8 Å². The van der Waals surface area contributed by atoms with Gasteiger partial charge in [-0.05, 0) is 25.8 Å². The fourth-order valence-electron chi connectivity index (χ4n) is 1.65. The van der Waals surface area contributed by atoms with Gasteiger partial charge in [-0.1, -0.05) is 30.3 Å². The van der Waals surface area contributed by atoms with Crippen molar-refractivity contribution in [3.05, 3.63) is 35.9 Å². The molecule has 1 aromatic carbocycles. The van der Waals surface area contributed by atoms with E-state index >= 15 is 0 Å². The third-order valence-electron chi connectivity index (χ3n) is 3.03.